The van der Waals surface area contributed by atoms with Crippen LogP contribution in [0.15, 0.2) is 194 Å². The molecule has 9 aromatic carbocycles. The summed E-state index contributed by atoms with van der Waals surface area (Å²) in [6.45, 7) is 13.6. The Morgan fingerprint density at radius 3 is 1.00 bits per heavy atom. The average Bonchev–Trinajstić information content (AvgIpc) is 4.09. The number of fused-ring (bicyclic) bond motifs is 12. The van der Waals surface area contributed by atoms with Gasteiger partial charge in [0.25, 0.3) is 0 Å². The highest BCUT2D eigenvalue weighted by molar-refractivity contribution is 6.32. The summed E-state index contributed by atoms with van der Waals surface area (Å²) in [6.07, 6.45) is 0. The first-order chi connectivity index (χ1) is 32.9. The van der Waals surface area contributed by atoms with Gasteiger partial charge in [-0.3, -0.25) is 0 Å². The van der Waals surface area contributed by atoms with Gasteiger partial charge < -0.3 is 18.6 Å². The molecule has 0 aliphatic rings. The summed E-state index contributed by atoms with van der Waals surface area (Å²) >= 11 is 0. The van der Waals surface area contributed by atoms with Crippen molar-refractivity contribution in [3.63, 3.8) is 0 Å². The highest BCUT2D eigenvalue weighted by Crippen LogP contribution is 2.52. The zero-order valence-corrected chi connectivity index (χ0v) is 38.1. The molecule has 4 heteroatoms. The molecule has 0 spiro atoms. The fourth-order valence-corrected chi connectivity index (χ4v) is 10.8. The fraction of sp³-hybridized carbons (Fsp3) is 0.129. The van der Waals surface area contributed by atoms with Crippen LogP contribution in [0.2, 0.25) is 0 Å². The second kappa shape index (κ2) is 13.8. The lowest BCUT2D eigenvalue weighted by atomic mass is 9.86. The quantitative estimate of drug-likeness (QED) is 0.166. The third kappa shape index (κ3) is 5.51. The van der Waals surface area contributed by atoms with Crippen LogP contribution in [0.5, 0.6) is 0 Å². The Morgan fingerprint density at radius 2 is 0.682 bits per heavy atom. The van der Waals surface area contributed by atoms with Gasteiger partial charge in [0.2, 0.25) is 0 Å². The summed E-state index contributed by atoms with van der Waals surface area (Å²) in [5.41, 5.74) is 14.4. The molecule has 4 aromatic heterocycles. The first-order valence-electron chi connectivity index (χ1n) is 24.1. The predicted octanol–water partition coefficient (Wildman–Crippen LogP) is 17.5. The minimum atomic E-state index is -0.0885. The Kier molecular flexibility index (Phi) is 7.66. The summed E-state index contributed by atoms with van der Waals surface area (Å²) in [7, 11) is 0. The van der Waals surface area contributed by atoms with E-state index in [1.54, 1.807) is 0 Å². The van der Waals surface area contributed by atoms with Crippen LogP contribution >= 0.6 is 0 Å². The molecule has 0 amide bonds. The van der Waals surface area contributed by atoms with Crippen LogP contribution in [0.3, 0.4) is 0 Å². The van der Waals surface area contributed by atoms with Crippen LogP contribution < -0.4 is 9.80 Å². The van der Waals surface area contributed by atoms with Gasteiger partial charge in [-0.2, -0.15) is 0 Å². The van der Waals surface area contributed by atoms with E-state index in [-0.39, 0.29) is 10.8 Å². The second-order valence-electron chi connectivity index (χ2n) is 20.1. The van der Waals surface area contributed by atoms with E-state index in [0.29, 0.717) is 12.1 Å². The highest BCUT2D eigenvalue weighted by atomic mass is 15.2. The predicted molar refractivity (Wildman–Crippen MR) is 283 cm³/mol. The summed E-state index contributed by atoms with van der Waals surface area (Å²) in [5.74, 6) is 0. The molecule has 13 rings (SSSR count). The molecule has 66 heavy (non-hydrogen) atoms. The number of anilines is 6. The standard InChI is InChI=1S/C62H50N4/c1-61(2,3)39-27-31-51-49(35-39)57-53(63(41-19-11-7-12-20-41)42-21-13-8-14-22-42)33-29-45-47-38-56-48(37-55(47)65(51)59(45)57)46-30-34-54(64(43-23-15-9-16-24-43)44-25-17-10-18-26-44)58-50-36-40(62(4,5)6)28-32-52(50)66(56)60(46)58/h7-38H,1-6H3/i37D,38D. The number of nitrogens with zero attached hydrogens (tertiary/aromatic N) is 4. The normalized spacial score (nSPS) is 13.1. The monoisotopic (exact) mass is 852 g/mol. The van der Waals surface area contributed by atoms with E-state index in [1.807, 2.05) is 0 Å². The maximum atomic E-state index is 10.6. The lowest BCUT2D eigenvalue weighted by Crippen LogP contribution is -2.11. The third-order valence-corrected chi connectivity index (χ3v) is 14.0. The molecule has 0 N–H and O–H groups in total. The van der Waals surface area contributed by atoms with Crippen molar-refractivity contribution >= 4 is 110 Å². The summed E-state index contributed by atoms with van der Waals surface area (Å²) < 4.78 is 25.8. The summed E-state index contributed by atoms with van der Waals surface area (Å²) in [6, 6.07) is 65.9. The van der Waals surface area contributed by atoms with Gasteiger partial charge in [0, 0.05) is 65.8 Å². The van der Waals surface area contributed by atoms with E-state index >= 15 is 0 Å². The SMILES string of the molecule is [2H]c1c2c3ccc(N(c4ccccc4)c4ccccc4)c4c5cc(C(C)(C)C)ccc5n(c2c([2H])c2c5ccc(N(c6ccccc6)c6ccccc6)c6c7cc(C(C)(C)C)ccc7n(c12)c56)c34. The topological polar surface area (TPSA) is 15.3 Å². The van der Waals surface area contributed by atoms with Crippen LogP contribution in [-0.2, 0) is 10.8 Å². The molecule has 0 unspecified atom stereocenters. The minimum absolute atomic E-state index is 0.0885. The van der Waals surface area contributed by atoms with Crippen molar-refractivity contribution in [2.45, 2.75) is 52.4 Å². The molecule has 4 nitrogen and oxygen atoms in total. The Bertz CT molecular complexity index is 3760. The zero-order chi connectivity index (χ0) is 46.4. The van der Waals surface area contributed by atoms with Crippen molar-refractivity contribution in [2.24, 2.45) is 0 Å². The van der Waals surface area contributed by atoms with Crippen LogP contribution in [0.25, 0.3) is 76.2 Å². The average molecular weight is 853 g/mol. The van der Waals surface area contributed by atoms with Crippen LogP contribution in [0.4, 0.5) is 34.1 Å². The zero-order valence-electron chi connectivity index (χ0n) is 40.1. The molecule has 0 atom stereocenters. The van der Waals surface area contributed by atoms with E-state index in [2.05, 4.69) is 242 Å². The molecular weight excluding hydrogens is 801 g/mol. The van der Waals surface area contributed by atoms with E-state index in [9.17, 15) is 2.74 Å². The number of rotatable bonds is 6. The summed E-state index contributed by atoms with van der Waals surface area (Å²) in [4.78, 5) is 4.71. The fourth-order valence-electron chi connectivity index (χ4n) is 10.8. The van der Waals surface area contributed by atoms with Gasteiger partial charge in [0.15, 0.2) is 0 Å². The van der Waals surface area contributed by atoms with Crippen molar-refractivity contribution in [3.05, 3.63) is 205 Å². The van der Waals surface area contributed by atoms with E-state index in [0.717, 1.165) is 110 Å². The second-order valence-corrected chi connectivity index (χ2v) is 20.1. The third-order valence-electron chi connectivity index (χ3n) is 14.0. The number of benzene rings is 9. The molecular formula is C62H50N4. The molecule has 318 valence electrons. The smallest absolute Gasteiger partial charge is 0.0653 e. The molecule has 0 saturated heterocycles. The maximum absolute atomic E-state index is 10.6. The molecule has 0 bridgehead atoms. The lowest BCUT2D eigenvalue weighted by Gasteiger charge is -2.26. The van der Waals surface area contributed by atoms with Crippen LogP contribution in [-0.4, -0.2) is 8.80 Å². The van der Waals surface area contributed by atoms with Crippen molar-refractivity contribution < 1.29 is 2.74 Å². The first-order valence-corrected chi connectivity index (χ1v) is 23.1. The maximum Gasteiger partial charge on any atom is 0.0653 e. The van der Waals surface area contributed by atoms with Gasteiger partial charge in [-0.25, -0.2) is 0 Å². The number of hydrogen-bond donors (Lipinski definition) is 0. The van der Waals surface area contributed by atoms with Gasteiger partial charge in [0.05, 0.1) is 47.2 Å². The van der Waals surface area contributed by atoms with Gasteiger partial charge in [-0.1, -0.05) is 139 Å². The highest BCUT2D eigenvalue weighted by Gasteiger charge is 2.29. The molecule has 13 aromatic rings. The summed E-state index contributed by atoms with van der Waals surface area (Å²) in [5, 5.41) is 8.07. The van der Waals surface area contributed by atoms with E-state index in [1.165, 1.54) is 11.1 Å². The molecule has 0 aliphatic carbocycles. The van der Waals surface area contributed by atoms with Crippen molar-refractivity contribution in [1.29, 1.82) is 0 Å². The Labute approximate surface area is 387 Å². The first kappa shape index (κ1) is 36.5. The molecule has 0 fully saturated rings. The lowest BCUT2D eigenvalue weighted by molar-refractivity contribution is 0.591. The van der Waals surface area contributed by atoms with Crippen molar-refractivity contribution in [1.82, 2.24) is 8.80 Å². The van der Waals surface area contributed by atoms with Crippen LogP contribution in [0.1, 0.15) is 55.4 Å². The molecule has 0 radical (unpaired) electrons. The van der Waals surface area contributed by atoms with E-state index < -0.39 is 0 Å². The van der Waals surface area contributed by atoms with Crippen molar-refractivity contribution in [2.75, 3.05) is 9.80 Å². The van der Waals surface area contributed by atoms with Gasteiger partial charge >= 0.3 is 0 Å². The minimum Gasteiger partial charge on any atom is -0.310 e. The largest absolute Gasteiger partial charge is 0.310 e. The number of hydrogen-bond acceptors (Lipinski definition) is 2. The Balaban J connectivity index is 1.20. The molecule has 4 heterocycles. The Morgan fingerprint density at radius 1 is 0.348 bits per heavy atom. The number of para-hydroxylation sites is 4. The van der Waals surface area contributed by atoms with E-state index in [4.69, 9.17) is 0 Å². The molecule has 0 aliphatic heterocycles. The van der Waals surface area contributed by atoms with Crippen molar-refractivity contribution in [3.8, 4) is 0 Å². The Hall–Kier alpha value is -7.82. The van der Waals surface area contributed by atoms with Gasteiger partial charge in [0.1, 0.15) is 0 Å². The number of aromatic nitrogens is 2. The van der Waals surface area contributed by atoms with Gasteiger partial charge in [-0.15, -0.1) is 0 Å². The molecule has 0 saturated carbocycles. The van der Waals surface area contributed by atoms with Crippen LogP contribution in [0, 0.1) is 0 Å². The van der Waals surface area contributed by atoms with Gasteiger partial charge in [-0.05, 0) is 119 Å².